The van der Waals surface area contributed by atoms with E-state index in [2.05, 4.69) is 17.5 Å². The Labute approximate surface area is 123 Å². The van der Waals surface area contributed by atoms with Crippen molar-refractivity contribution in [3.05, 3.63) is 45.8 Å². The van der Waals surface area contributed by atoms with E-state index >= 15 is 0 Å². The molecule has 3 heterocycles. The molecule has 2 aromatic rings. The lowest BCUT2D eigenvalue weighted by Crippen LogP contribution is -2.34. The molecular weight excluding hydrogens is 262 g/mol. The predicted molar refractivity (Wildman–Crippen MR) is 86.0 cm³/mol. The van der Waals surface area contributed by atoms with Gasteiger partial charge < -0.3 is 9.32 Å². The van der Waals surface area contributed by atoms with Gasteiger partial charge >= 0.3 is 5.63 Å². The van der Waals surface area contributed by atoms with Crippen LogP contribution < -0.4 is 10.5 Å². The highest BCUT2D eigenvalue weighted by atomic mass is 16.4. The molecule has 2 aliphatic heterocycles. The van der Waals surface area contributed by atoms with Crippen molar-refractivity contribution in [2.75, 3.05) is 18.0 Å². The quantitative estimate of drug-likeness (QED) is 0.750. The molecule has 0 saturated heterocycles. The largest absolute Gasteiger partial charge is 0.422 e. The van der Waals surface area contributed by atoms with Gasteiger partial charge in [-0.3, -0.25) is 0 Å². The molecule has 0 unspecified atom stereocenters. The van der Waals surface area contributed by atoms with Crippen LogP contribution in [0.1, 0.15) is 36.5 Å². The van der Waals surface area contributed by atoms with Crippen molar-refractivity contribution >= 4 is 22.2 Å². The van der Waals surface area contributed by atoms with Crippen LogP contribution in [0.5, 0.6) is 0 Å². The number of benzene rings is 1. The molecule has 1 aromatic carbocycles. The zero-order valence-corrected chi connectivity index (χ0v) is 12.4. The Morgan fingerprint density at radius 1 is 1.24 bits per heavy atom. The van der Waals surface area contributed by atoms with Crippen LogP contribution in [0.15, 0.2) is 27.9 Å². The Bertz CT molecular complexity index is 814. The van der Waals surface area contributed by atoms with Crippen LogP contribution in [-0.2, 0) is 12.8 Å². The summed E-state index contributed by atoms with van der Waals surface area (Å²) in [4.78, 5) is 14.4. The minimum absolute atomic E-state index is 0.273. The van der Waals surface area contributed by atoms with Crippen LogP contribution in [0.4, 0.5) is 5.69 Å². The van der Waals surface area contributed by atoms with E-state index in [0.29, 0.717) is 0 Å². The molecule has 3 heteroatoms. The first-order chi connectivity index (χ1) is 10.1. The van der Waals surface area contributed by atoms with Gasteiger partial charge in [-0.15, -0.1) is 0 Å². The molecule has 0 atom stereocenters. The highest BCUT2D eigenvalue weighted by Gasteiger charge is 2.27. The molecule has 108 valence electrons. The number of anilines is 1. The van der Waals surface area contributed by atoms with Crippen molar-refractivity contribution in [3.63, 3.8) is 0 Å². The first-order valence-corrected chi connectivity index (χ1v) is 7.68. The van der Waals surface area contributed by atoms with E-state index in [-0.39, 0.29) is 5.63 Å². The third kappa shape index (κ3) is 1.84. The number of nitrogens with zero attached hydrogens (tertiary/aromatic N) is 1. The van der Waals surface area contributed by atoms with Gasteiger partial charge in [-0.1, -0.05) is 12.2 Å². The highest BCUT2D eigenvalue weighted by Crippen LogP contribution is 2.40. The molecule has 4 rings (SSSR count). The number of hydrogen-bond donors (Lipinski definition) is 0. The van der Waals surface area contributed by atoms with Crippen LogP contribution in [0.25, 0.3) is 16.5 Å². The van der Waals surface area contributed by atoms with Crippen molar-refractivity contribution in [3.8, 4) is 0 Å². The molecule has 3 nitrogen and oxygen atoms in total. The Morgan fingerprint density at radius 3 is 2.76 bits per heavy atom. The molecular formula is C18H19NO2. The van der Waals surface area contributed by atoms with Crippen LogP contribution in [0, 0.1) is 0 Å². The standard InChI is InChI=1S/C18H19NO2/c1-11(2)14-10-16(20)21-18-13-6-4-8-19-7-3-5-12(17(13)19)9-15(14)18/h9-10H,1,3-8H2,2H3. The summed E-state index contributed by atoms with van der Waals surface area (Å²) < 4.78 is 5.60. The van der Waals surface area contributed by atoms with Crippen molar-refractivity contribution < 1.29 is 4.42 Å². The van der Waals surface area contributed by atoms with Crippen LogP contribution in [-0.4, -0.2) is 13.1 Å². The fraction of sp³-hybridized carbons (Fsp3) is 0.389. The number of hydrogen-bond acceptors (Lipinski definition) is 3. The summed E-state index contributed by atoms with van der Waals surface area (Å²) in [7, 11) is 0. The Kier molecular flexibility index (Phi) is 2.71. The number of aryl methyl sites for hydroxylation is 2. The van der Waals surface area contributed by atoms with E-state index in [1.54, 1.807) is 6.07 Å². The van der Waals surface area contributed by atoms with Crippen LogP contribution in [0.2, 0.25) is 0 Å². The molecule has 0 aliphatic carbocycles. The first kappa shape index (κ1) is 12.7. The Morgan fingerprint density at radius 2 is 2.00 bits per heavy atom. The maximum Gasteiger partial charge on any atom is 0.336 e. The zero-order valence-electron chi connectivity index (χ0n) is 12.4. The lowest BCUT2D eigenvalue weighted by molar-refractivity contribution is 0.549. The molecule has 21 heavy (non-hydrogen) atoms. The molecule has 0 saturated carbocycles. The van der Waals surface area contributed by atoms with Crippen LogP contribution in [0.3, 0.4) is 0 Å². The minimum Gasteiger partial charge on any atom is -0.422 e. The first-order valence-electron chi connectivity index (χ1n) is 7.68. The zero-order chi connectivity index (χ0) is 14.6. The molecule has 0 fully saturated rings. The molecule has 0 radical (unpaired) electrons. The van der Waals surface area contributed by atoms with Crippen molar-refractivity contribution in [2.24, 2.45) is 0 Å². The summed E-state index contributed by atoms with van der Waals surface area (Å²) in [6, 6.07) is 3.80. The molecule has 0 spiro atoms. The number of rotatable bonds is 1. The van der Waals surface area contributed by atoms with Gasteiger partial charge in [-0.2, -0.15) is 0 Å². The minimum atomic E-state index is -0.273. The summed E-state index contributed by atoms with van der Waals surface area (Å²) in [6.07, 6.45) is 4.45. The van der Waals surface area contributed by atoms with E-state index in [9.17, 15) is 4.79 Å². The second-order valence-electron chi connectivity index (χ2n) is 6.19. The maximum absolute atomic E-state index is 11.9. The highest BCUT2D eigenvalue weighted by molar-refractivity contribution is 5.95. The number of allylic oxidation sites excluding steroid dienone is 1. The summed E-state index contributed by atoms with van der Waals surface area (Å²) >= 11 is 0. The third-order valence-electron chi connectivity index (χ3n) is 4.69. The second kappa shape index (κ2) is 4.48. The molecule has 2 aliphatic rings. The topological polar surface area (TPSA) is 33.5 Å². The van der Waals surface area contributed by atoms with Crippen molar-refractivity contribution in [2.45, 2.75) is 32.6 Å². The smallest absolute Gasteiger partial charge is 0.336 e. The maximum atomic E-state index is 11.9. The lowest BCUT2D eigenvalue weighted by atomic mass is 9.88. The monoisotopic (exact) mass is 281 g/mol. The van der Waals surface area contributed by atoms with Gasteiger partial charge in [0.25, 0.3) is 0 Å². The summed E-state index contributed by atoms with van der Waals surface area (Å²) in [5.74, 6) is 0. The third-order valence-corrected chi connectivity index (χ3v) is 4.69. The summed E-state index contributed by atoms with van der Waals surface area (Å²) in [5.41, 5.74) is 6.33. The van der Waals surface area contributed by atoms with Gasteiger partial charge in [0.2, 0.25) is 0 Å². The second-order valence-corrected chi connectivity index (χ2v) is 6.19. The Hall–Kier alpha value is -2.03. The van der Waals surface area contributed by atoms with E-state index < -0.39 is 0 Å². The van der Waals surface area contributed by atoms with Gasteiger partial charge in [0.1, 0.15) is 5.58 Å². The average molecular weight is 281 g/mol. The fourth-order valence-electron chi connectivity index (χ4n) is 3.83. The van der Waals surface area contributed by atoms with Gasteiger partial charge in [-0.25, -0.2) is 4.79 Å². The van der Waals surface area contributed by atoms with E-state index in [1.165, 1.54) is 23.2 Å². The van der Waals surface area contributed by atoms with Crippen molar-refractivity contribution in [1.29, 1.82) is 0 Å². The fourth-order valence-corrected chi connectivity index (χ4v) is 3.83. The normalized spacial score (nSPS) is 16.9. The van der Waals surface area contributed by atoms with Crippen LogP contribution >= 0.6 is 0 Å². The van der Waals surface area contributed by atoms with Gasteiger partial charge in [-0.05, 0) is 49.8 Å². The van der Waals surface area contributed by atoms with E-state index in [0.717, 1.165) is 54.5 Å². The summed E-state index contributed by atoms with van der Waals surface area (Å²) in [5, 5.41) is 1.06. The number of fused-ring (bicyclic) bond motifs is 2. The average Bonchev–Trinajstić information content (AvgIpc) is 2.48. The Balaban J connectivity index is 2.14. The SMILES string of the molecule is C=C(C)c1cc(=O)oc2c3c4c(cc12)CCCN4CCC3. The lowest BCUT2D eigenvalue weighted by Gasteiger charge is -2.37. The predicted octanol–water partition coefficient (Wildman–Crippen LogP) is 3.52. The van der Waals surface area contributed by atoms with Gasteiger partial charge in [0.15, 0.2) is 0 Å². The van der Waals surface area contributed by atoms with E-state index in [4.69, 9.17) is 4.42 Å². The van der Waals surface area contributed by atoms with E-state index in [1.807, 2.05) is 6.92 Å². The summed E-state index contributed by atoms with van der Waals surface area (Å²) in [6.45, 7) is 8.21. The van der Waals surface area contributed by atoms with Gasteiger partial charge in [0.05, 0.1) is 0 Å². The molecule has 0 amide bonds. The van der Waals surface area contributed by atoms with Gasteiger partial charge in [0, 0.05) is 35.8 Å². The molecule has 0 bridgehead atoms. The van der Waals surface area contributed by atoms with Crippen molar-refractivity contribution in [1.82, 2.24) is 0 Å². The molecule has 0 N–H and O–H groups in total. The molecule has 1 aromatic heterocycles.